The Balaban J connectivity index is 1.55. The molecule has 0 unspecified atom stereocenters. The first kappa shape index (κ1) is 25.9. The van der Waals surface area contributed by atoms with Crippen molar-refractivity contribution in [3.63, 3.8) is 0 Å². The van der Waals surface area contributed by atoms with Gasteiger partial charge in [0.1, 0.15) is 17.4 Å². The lowest BCUT2D eigenvalue weighted by atomic mass is 9.98. The van der Waals surface area contributed by atoms with Gasteiger partial charge in [0.05, 0.1) is 5.56 Å². The van der Waals surface area contributed by atoms with Crippen LogP contribution in [0.4, 0.5) is 35.1 Å². The summed E-state index contributed by atoms with van der Waals surface area (Å²) in [7, 11) is 0. The maximum Gasteiger partial charge on any atom is 0.429 e. The number of benzene rings is 4. The van der Waals surface area contributed by atoms with E-state index in [1.807, 2.05) is 0 Å². The quantitative estimate of drug-likeness (QED) is 0.182. The second kappa shape index (κ2) is 10.1. The van der Waals surface area contributed by atoms with Crippen LogP contribution in [-0.4, -0.2) is 0 Å². The molecule has 4 aromatic carbocycles. The summed E-state index contributed by atoms with van der Waals surface area (Å²) in [6, 6.07) is 15.9. The molecule has 0 heterocycles. The van der Waals surface area contributed by atoms with Gasteiger partial charge < -0.3 is 4.74 Å². The lowest BCUT2D eigenvalue weighted by molar-refractivity contribution is -0.187. The van der Waals surface area contributed by atoms with Crippen molar-refractivity contribution in [3.8, 4) is 28.0 Å². The number of hydrogen-bond donors (Lipinski definition) is 0. The molecule has 0 aromatic heterocycles. The topological polar surface area (TPSA) is 9.23 Å². The third-order valence-electron chi connectivity index (χ3n) is 5.48. The van der Waals surface area contributed by atoms with E-state index in [1.54, 1.807) is 36.4 Å². The van der Waals surface area contributed by atoms with Gasteiger partial charge in [0, 0.05) is 17.7 Å². The molecule has 0 spiro atoms. The molecule has 0 aliphatic heterocycles. The van der Waals surface area contributed by atoms with E-state index in [2.05, 4.69) is 4.74 Å². The number of rotatable bonds is 6. The lowest BCUT2D eigenvalue weighted by Crippen LogP contribution is -2.23. The van der Waals surface area contributed by atoms with Crippen molar-refractivity contribution in [2.75, 3.05) is 0 Å². The second-order valence-electron chi connectivity index (χ2n) is 8.02. The van der Waals surface area contributed by atoms with Crippen molar-refractivity contribution in [2.24, 2.45) is 0 Å². The molecule has 0 aliphatic rings. The lowest BCUT2D eigenvalue weighted by Gasteiger charge is -2.19. The normalized spacial score (nSPS) is 12.4. The van der Waals surface area contributed by atoms with Crippen molar-refractivity contribution in [1.29, 1.82) is 0 Å². The molecule has 0 radical (unpaired) electrons. The van der Waals surface area contributed by atoms with E-state index in [1.165, 1.54) is 18.2 Å². The smallest absolute Gasteiger partial charge is 0.429 e. The van der Waals surface area contributed by atoms with E-state index in [0.29, 0.717) is 16.7 Å². The summed E-state index contributed by atoms with van der Waals surface area (Å²) in [5, 5.41) is 0. The van der Waals surface area contributed by atoms with Gasteiger partial charge in [-0.3, -0.25) is 0 Å². The van der Waals surface area contributed by atoms with Crippen LogP contribution in [0.3, 0.4) is 0 Å². The monoisotopic (exact) mass is 520 g/mol. The molecule has 0 fully saturated rings. The van der Waals surface area contributed by atoms with Crippen LogP contribution >= 0.6 is 0 Å². The van der Waals surface area contributed by atoms with Crippen LogP contribution in [0.2, 0.25) is 0 Å². The largest absolute Gasteiger partial charge is 0.429 e. The molecule has 0 saturated carbocycles. The van der Waals surface area contributed by atoms with Crippen molar-refractivity contribution in [2.45, 2.75) is 13.0 Å². The van der Waals surface area contributed by atoms with Gasteiger partial charge >= 0.3 is 6.11 Å². The van der Waals surface area contributed by atoms with Crippen molar-refractivity contribution in [3.05, 3.63) is 119 Å². The van der Waals surface area contributed by atoms with E-state index < -0.39 is 52.3 Å². The second-order valence-corrected chi connectivity index (χ2v) is 8.02. The van der Waals surface area contributed by atoms with Gasteiger partial charge in [-0.1, -0.05) is 54.6 Å². The van der Waals surface area contributed by atoms with Crippen LogP contribution < -0.4 is 4.74 Å². The highest BCUT2D eigenvalue weighted by atomic mass is 19.3. The van der Waals surface area contributed by atoms with Crippen LogP contribution in [0.5, 0.6) is 5.75 Å². The molecule has 0 bridgehead atoms. The third kappa shape index (κ3) is 5.50. The Morgan fingerprint density at radius 2 is 1.08 bits per heavy atom. The van der Waals surface area contributed by atoms with Crippen LogP contribution in [0, 0.1) is 23.3 Å². The predicted octanol–water partition coefficient (Wildman–Crippen LogP) is 9.33. The summed E-state index contributed by atoms with van der Waals surface area (Å²) >= 11 is 0. The first-order valence-electron chi connectivity index (χ1n) is 10.7. The van der Waals surface area contributed by atoms with Gasteiger partial charge in [0.2, 0.25) is 0 Å². The zero-order chi connectivity index (χ0) is 26.9. The zero-order valence-corrected chi connectivity index (χ0v) is 18.9. The number of ether oxygens (including phenoxy) is 1. The standard InChI is InChI=1S/C28H16F8O/c1-15(29)26(33)19-8-6-17(7-9-19)16-2-4-18(5-3-16)20-10-11-22(23(30)12-20)28(35,36)37-21-13-24(31)27(34)25(32)14-21/h2-14H,1H3/b26-15+. The first-order valence-corrected chi connectivity index (χ1v) is 10.7. The Labute approximate surface area is 206 Å². The van der Waals surface area contributed by atoms with Gasteiger partial charge in [-0.25, -0.2) is 26.3 Å². The number of alkyl halides is 2. The van der Waals surface area contributed by atoms with Gasteiger partial charge in [-0.2, -0.15) is 8.78 Å². The minimum atomic E-state index is -4.31. The zero-order valence-electron chi connectivity index (χ0n) is 18.9. The highest BCUT2D eigenvalue weighted by molar-refractivity contribution is 5.72. The molecule has 0 atom stereocenters. The summed E-state index contributed by atoms with van der Waals surface area (Å²) < 4.78 is 114. The van der Waals surface area contributed by atoms with Gasteiger partial charge in [0.15, 0.2) is 23.3 Å². The molecule has 0 amide bonds. The summed E-state index contributed by atoms with van der Waals surface area (Å²) in [6.07, 6.45) is -4.31. The number of hydrogen-bond acceptors (Lipinski definition) is 1. The van der Waals surface area contributed by atoms with Crippen LogP contribution in [0.15, 0.2) is 84.7 Å². The van der Waals surface area contributed by atoms with Gasteiger partial charge in [-0.15, -0.1) is 0 Å². The molecule has 4 aromatic rings. The molecular weight excluding hydrogens is 504 g/mol. The van der Waals surface area contributed by atoms with E-state index in [-0.39, 0.29) is 23.3 Å². The van der Waals surface area contributed by atoms with E-state index in [9.17, 15) is 35.1 Å². The molecule has 9 heteroatoms. The molecular formula is C28H16F8O. The Kier molecular flexibility index (Phi) is 7.07. The molecule has 37 heavy (non-hydrogen) atoms. The molecule has 4 rings (SSSR count). The summed E-state index contributed by atoms with van der Waals surface area (Å²) in [5.74, 6) is -9.58. The molecule has 0 aliphatic carbocycles. The SMILES string of the molecule is C/C(F)=C(\F)c1ccc(-c2ccc(-c3ccc(C(F)(F)Oc4cc(F)c(F)c(F)c4)c(F)c3)cc2)cc1. The highest BCUT2D eigenvalue weighted by Crippen LogP contribution is 2.36. The molecule has 0 N–H and O–H groups in total. The number of halogens is 8. The Morgan fingerprint density at radius 1 is 0.622 bits per heavy atom. The maximum absolute atomic E-state index is 14.6. The average Bonchev–Trinajstić information content (AvgIpc) is 2.86. The molecule has 1 nitrogen and oxygen atoms in total. The summed E-state index contributed by atoms with van der Waals surface area (Å²) in [6.45, 7) is 1.01. The third-order valence-corrected chi connectivity index (χ3v) is 5.48. The van der Waals surface area contributed by atoms with Crippen molar-refractivity contribution < 1.29 is 39.9 Å². The Morgan fingerprint density at radius 3 is 1.57 bits per heavy atom. The van der Waals surface area contributed by atoms with Crippen LogP contribution in [-0.2, 0) is 6.11 Å². The average molecular weight is 520 g/mol. The van der Waals surface area contributed by atoms with Crippen molar-refractivity contribution >= 4 is 5.83 Å². The summed E-state index contributed by atoms with van der Waals surface area (Å²) in [4.78, 5) is 0. The van der Waals surface area contributed by atoms with Gasteiger partial charge in [-0.05, 0) is 41.3 Å². The van der Waals surface area contributed by atoms with E-state index in [0.717, 1.165) is 19.1 Å². The Hall–Kier alpha value is -4.14. The van der Waals surface area contributed by atoms with E-state index in [4.69, 9.17) is 0 Å². The minimum Gasteiger partial charge on any atom is -0.429 e. The molecule has 190 valence electrons. The Bertz CT molecular complexity index is 1450. The fourth-order valence-corrected chi connectivity index (χ4v) is 3.59. The van der Waals surface area contributed by atoms with Gasteiger partial charge in [0.25, 0.3) is 0 Å². The maximum atomic E-state index is 14.6. The highest BCUT2D eigenvalue weighted by Gasteiger charge is 2.38. The van der Waals surface area contributed by atoms with Crippen LogP contribution in [0.25, 0.3) is 28.1 Å². The van der Waals surface area contributed by atoms with Crippen LogP contribution in [0.1, 0.15) is 18.1 Å². The fourth-order valence-electron chi connectivity index (χ4n) is 3.59. The molecule has 0 saturated heterocycles. The van der Waals surface area contributed by atoms with Crippen molar-refractivity contribution in [1.82, 2.24) is 0 Å². The van der Waals surface area contributed by atoms with E-state index >= 15 is 0 Å². The first-order chi connectivity index (χ1) is 17.5. The minimum absolute atomic E-state index is 0.0893. The fraction of sp³-hybridized carbons (Fsp3) is 0.0714. The summed E-state index contributed by atoms with van der Waals surface area (Å²) in [5.41, 5.74) is 1.05. The number of allylic oxidation sites excluding steroid dienone is 1. The predicted molar refractivity (Wildman–Crippen MR) is 123 cm³/mol.